The molecule has 1 aromatic carbocycles. The fourth-order valence-corrected chi connectivity index (χ4v) is 2.25. The lowest BCUT2D eigenvalue weighted by Crippen LogP contribution is -2.26. The fraction of sp³-hybridized carbons (Fsp3) is 0.429. The van der Waals surface area contributed by atoms with Gasteiger partial charge in [0.2, 0.25) is 5.91 Å². The summed E-state index contributed by atoms with van der Waals surface area (Å²) in [6.45, 7) is 0.582. The number of likely N-dealkylation sites (N-methyl/N-ethyl adjacent to an activating group) is 1. The van der Waals surface area contributed by atoms with Gasteiger partial charge in [-0.25, -0.2) is 0 Å². The SMILES string of the molecule is CNC(=O)CCN(C)c1ccc2c(c1)N(C)C(=O)C2O. The molecular formula is C14H19N3O3. The predicted molar refractivity (Wildman–Crippen MR) is 76.8 cm³/mol. The third-order valence-corrected chi connectivity index (χ3v) is 3.63. The number of aliphatic hydroxyl groups is 1. The number of carbonyl (C=O) groups is 2. The maximum absolute atomic E-state index is 11.7. The van der Waals surface area contributed by atoms with Crippen LogP contribution in [-0.4, -0.2) is 44.6 Å². The van der Waals surface area contributed by atoms with Crippen LogP contribution in [0.3, 0.4) is 0 Å². The van der Waals surface area contributed by atoms with Gasteiger partial charge in [0.05, 0.1) is 5.69 Å². The van der Waals surface area contributed by atoms with E-state index in [2.05, 4.69) is 5.32 Å². The molecule has 0 saturated heterocycles. The zero-order chi connectivity index (χ0) is 14.9. The van der Waals surface area contributed by atoms with Crippen molar-refractivity contribution in [3.05, 3.63) is 23.8 Å². The molecule has 0 fully saturated rings. The number of benzene rings is 1. The largest absolute Gasteiger partial charge is 0.378 e. The van der Waals surface area contributed by atoms with Crippen LogP contribution in [0.4, 0.5) is 11.4 Å². The van der Waals surface area contributed by atoms with Crippen LogP contribution in [-0.2, 0) is 9.59 Å². The van der Waals surface area contributed by atoms with Gasteiger partial charge in [-0.05, 0) is 12.1 Å². The number of nitrogens with zero attached hydrogens (tertiary/aromatic N) is 2. The van der Waals surface area contributed by atoms with Crippen molar-refractivity contribution in [3.8, 4) is 0 Å². The molecule has 108 valence electrons. The summed E-state index contributed by atoms with van der Waals surface area (Å²) in [6, 6.07) is 5.46. The van der Waals surface area contributed by atoms with Crippen molar-refractivity contribution in [2.24, 2.45) is 0 Å². The summed E-state index contributed by atoms with van der Waals surface area (Å²) in [4.78, 5) is 26.4. The van der Waals surface area contributed by atoms with Gasteiger partial charge in [0.1, 0.15) is 0 Å². The standard InChI is InChI=1S/C14H19N3O3/c1-15-12(18)6-7-16(2)9-4-5-10-11(8-9)17(3)14(20)13(10)19/h4-5,8,13,19H,6-7H2,1-3H3,(H,15,18). The lowest BCUT2D eigenvalue weighted by Gasteiger charge is -2.20. The topological polar surface area (TPSA) is 72.9 Å². The van der Waals surface area contributed by atoms with Gasteiger partial charge in [-0.1, -0.05) is 6.07 Å². The molecular weight excluding hydrogens is 258 g/mol. The number of hydrogen-bond donors (Lipinski definition) is 2. The molecule has 0 bridgehead atoms. The lowest BCUT2D eigenvalue weighted by molar-refractivity contribution is -0.125. The molecule has 0 radical (unpaired) electrons. The van der Waals surface area contributed by atoms with E-state index < -0.39 is 6.10 Å². The van der Waals surface area contributed by atoms with Gasteiger partial charge in [-0.3, -0.25) is 9.59 Å². The Balaban J connectivity index is 2.16. The number of anilines is 2. The number of carbonyl (C=O) groups excluding carboxylic acids is 2. The molecule has 0 aromatic heterocycles. The van der Waals surface area contributed by atoms with Crippen molar-refractivity contribution >= 4 is 23.2 Å². The van der Waals surface area contributed by atoms with Crippen molar-refractivity contribution < 1.29 is 14.7 Å². The normalized spacial score (nSPS) is 17.1. The van der Waals surface area contributed by atoms with Crippen LogP contribution in [0.5, 0.6) is 0 Å². The second-order valence-electron chi connectivity index (χ2n) is 4.89. The highest BCUT2D eigenvalue weighted by Gasteiger charge is 2.33. The van der Waals surface area contributed by atoms with Gasteiger partial charge in [0.25, 0.3) is 5.91 Å². The third kappa shape index (κ3) is 2.46. The van der Waals surface area contributed by atoms with E-state index in [9.17, 15) is 14.7 Å². The minimum atomic E-state index is -1.07. The summed E-state index contributed by atoms with van der Waals surface area (Å²) in [5, 5.41) is 12.4. The Bertz CT molecular complexity index is 544. The van der Waals surface area contributed by atoms with E-state index in [0.717, 1.165) is 5.69 Å². The molecule has 2 rings (SSSR count). The predicted octanol–water partition coefficient (Wildman–Crippen LogP) is 0.269. The second kappa shape index (κ2) is 5.50. The fourth-order valence-electron chi connectivity index (χ4n) is 2.25. The average Bonchev–Trinajstić information content (AvgIpc) is 2.68. The van der Waals surface area contributed by atoms with E-state index in [1.807, 2.05) is 24.1 Å². The van der Waals surface area contributed by atoms with Crippen LogP contribution in [0.2, 0.25) is 0 Å². The Morgan fingerprint density at radius 2 is 2.20 bits per heavy atom. The number of hydrogen-bond acceptors (Lipinski definition) is 4. The first-order chi connectivity index (χ1) is 9.45. The first-order valence-electron chi connectivity index (χ1n) is 6.47. The number of aliphatic hydroxyl groups excluding tert-OH is 1. The van der Waals surface area contributed by atoms with Crippen LogP contribution in [0, 0.1) is 0 Å². The third-order valence-electron chi connectivity index (χ3n) is 3.63. The van der Waals surface area contributed by atoms with Crippen LogP contribution in [0.1, 0.15) is 18.1 Å². The summed E-state index contributed by atoms with van der Waals surface area (Å²) in [5.74, 6) is -0.328. The van der Waals surface area contributed by atoms with E-state index in [-0.39, 0.29) is 11.8 Å². The zero-order valence-electron chi connectivity index (χ0n) is 11.9. The molecule has 0 saturated carbocycles. The van der Waals surface area contributed by atoms with Crippen LogP contribution in [0.25, 0.3) is 0 Å². The van der Waals surface area contributed by atoms with E-state index in [4.69, 9.17) is 0 Å². The van der Waals surface area contributed by atoms with Crippen molar-refractivity contribution in [1.82, 2.24) is 5.32 Å². The monoisotopic (exact) mass is 277 g/mol. The van der Waals surface area contributed by atoms with Gasteiger partial charge < -0.3 is 20.2 Å². The molecule has 6 heteroatoms. The highest BCUT2D eigenvalue weighted by Crippen LogP contribution is 2.37. The van der Waals surface area contributed by atoms with E-state index >= 15 is 0 Å². The molecule has 1 aliphatic rings. The molecule has 0 aliphatic carbocycles. The first-order valence-corrected chi connectivity index (χ1v) is 6.47. The zero-order valence-corrected chi connectivity index (χ0v) is 11.9. The molecule has 20 heavy (non-hydrogen) atoms. The summed E-state index contributed by atoms with van der Waals surface area (Å²) >= 11 is 0. The first kappa shape index (κ1) is 14.3. The van der Waals surface area contributed by atoms with Gasteiger partial charge in [-0.2, -0.15) is 0 Å². The minimum Gasteiger partial charge on any atom is -0.378 e. The van der Waals surface area contributed by atoms with Gasteiger partial charge >= 0.3 is 0 Å². The highest BCUT2D eigenvalue weighted by atomic mass is 16.3. The molecule has 2 N–H and O–H groups in total. The van der Waals surface area contributed by atoms with E-state index in [0.29, 0.717) is 24.2 Å². The molecule has 6 nitrogen and oxygen atoms in total. The highest BCUT2D eigenvalue weighted by molar-refractivity contribution is 6.03. The number of nitrogens with one attached hydrogen (secondary N) is 1. The molecule has 0 spiro atoms. The van der Waals surface area contributed by atoms with Crippen molar-refractivity contribution in [2.75, 3.05) is 37.5 Å². The Morgan fingerprint density at radius 3 is 2.85 bits per heavy atom. The smallest absolute Gasteiger partial charge is 0.260 e. The molecule has 1 aliphatic heterocycles. The Morgan fingerprint density at radius 1 is 1.50 bits per heavy atom. The maximum Gasteiger partial charge on any atom is 0.260 e. The Labute approximate surface area is 118 Å². The maximum atomic E-state index is 11.7. The van der Waals surface area contributed by atoms with Crippen molar-refractivity contribution in [3.63, 3.8) is 0 Å². The van der Waals surface area contributed by atoms with Crippen LogP contribution in [0.15, 0.2) is 18.2 Å². The molecule has 1 atom stereocenters. The number of fused-ring (bicyclic) bond motifs is 1. The number of rotatable bonds is 4. The minimum absolute atomic E-state index is 0.0132. The average molecular weight is 277 g/mol. The van der Waals surface area contributed by atoms with Crippen molar-refractivity contribution in [1.29, 1.82) is 0 Å². The summed E-state index contributed by atoms with van der Waals surface area (Å²) in [7, 11) is 5.14. The molecule has 2 amide bonds. The second-order valence-corrected chi connectivity index (χ2v) is 4.89. The lowest BCUT2D eigenvalue weighted by atomic mass is 10.1. The molecule has 1 heterocycles. The van der Waals surface area contributed by atoms with Crippen molar-refractivity contribution in [2.45, 2.75) is 12.5 Å². The van der Waals surface area contributed by atoms with E-state index in [1.165, 1.54) is 4.90 Å². The Hall–Kier alpha value is -2.08. The van der Waals surface area contributed by atoms with E-state index in [1.54, 1.807) is 20.2 Å². The molecule has 1 aromatic rings. The van der Waals surface area contributed by atoms with Crippen LogP contribution < -0.4 is 15.1 Å². The summed E-state index contributed by atoms with van der Waals surface area (Å²) < 4.78 is 0. The number of amides is 2. The summed E-state index contributed by atoms with van der Waals surface area (Å²) in [6.07, 6.45) is -0.665. The van der Waals surface area contributed by atoms with Gasteiger partial charge in [0.15, 0.2) is 6.10 Å². The van der Waals surface area contributed by atoms with Gasteiger partial charge in [-0.15, -0.1) is 0 Å². The Kier molecular flexibility index (Phi) is 3.94. The van der Waals surface area contributed by atoms with Gasteiger partial charge in [0, 0.05) is 45.4 Å². The van der Waals surface area contributed by atoms with Crippen LogP contribution >= 0.6 is 0 Å². The molecule has 1 unspecified atom stereocenters. The quantitative estimate of drug-likeness (QED) is 0.828. The summed E-state index contributed by atoms with van der Waals surface area (Å²) in [5.41, 5.74) is 2.24.